The molecule has 164 valence electrons. The molecule has 3 rings (SSSR count). The number of thioether (sulfide) groups is 1. The summed E-state index contributed by atoms with van der Waals surface area (Å²) >= 11 is 8.31. The molecule has 0 spiro atoms. The first-order valence-electron chi connectivity index (χ1n) is 11.2. The van der Waals surface area contributed by atoms with Gasteiger partial charge in [-0.05, 0) is 39.0 Å². The molecule has 0 atom stereocenters. The second kappa shape index (κ2) is 10.3. The summed E-state index contributed by atoms with van der Waals surface area (Å²) in [6.45, 7) is 13.2. The maximum Gasteiger partial charge on any atom is 0.282 e. The SMILES string of the molecule is CCN1CCSC1=CC=Cc1n(CC)c2cc(Cl)ccc2[n+]1CCC[N+](C)(C)CC. The van der Waals surface area contributed by atoms with E-state index in [0.717, 1.165) is 48.7 Å². The number of rotatable bonds is 9. The number of hydrogen-bond donors (Lipinski definition) is 0. The molecule has 2 aromatic rings. The number of aromatic nitrogens is 2. The van der Waals surface area contributed by atoms with Crippen molar-refractivity contribution in [2.45, 2.75) is 40.3 Å². The third kappa shape index (κ3) is 5.24. The normalized spacial score (nSPS) is 16.6. The third-order valence-electron chi connectivity index (χ3n) is 6.18. The van der Waals surface area contributed by atoms with Gasteiger partial charge in [-0.15, -0.1) is 11.8 Å². The molecule has 1 aliphatic heterocycles. The number of hydrogen-bond acceptors (Lipinski definition) is 2. The van der Waals surface area contributed by atoms with E-state index in [2.05, 4.69) is 79.3 Å². The van der Waals surface area contributed by atoms with Crippen molar-refractivity contribution in [2.75, 3.05) is 46.0 Å². The van der Waals surface area contributed by atoms with E-state index in [-0.39, 0.29) is 0 Å². The molecule has 0 aliphatic carbocycles. The molecule has 1 fully saturated rings. The van der Waals surface area contributed by atoms with Crippen molar-refractivity contribution in [3.63, 3.8) is 0 Å². The van der Waals surface area contributed by atoms with E-state index >= 15 is 0 Å². The molecule has 2 heterocycles. The molecule has 1 aromatic heterocycles. The minimum absolute atomic E-state index is 0.796. The summed E-state index contributed by atoms with van der Waals surface area (Å²) in [5.74, 6) is 2.44. The predicted octanol–water partition coefficient (Wildman–Crippen LogP) is 5.01. The second-order valence-corrected chi connectivity index (χ2v) is 10.1. The molecule has 0 N–H and O–H groups in total. The molecular weight excluding hydrogens is 412 g/mol. The zero-order valence-corrected chi connectivity index (χ0v) is 20.8. The van der Waals surface area contributed by atoms with Crippen LogP contribution in [0.4, 0.5) is 0 Å². The lowest BCUT2D eigenvalue weighted by Crippen LogP contribution is -2.43. The Balaban J connectivity index is 1.96. The maximum atomic E-state index is 6.35. The van der Waals surface area contributed by atoms with Crippen LogP contribution in [0.5, 0.6) is 0 Å². The van der Waals surface area contributed by atoms with Crippen LogP contribution in [0.3, 0.4) is 0 Å². The van der Waals surface area contributed by atoms with E-state index in [4.69, 9.17) is 11.6 Å². The van der Waals surface area contributed by atoms with Gasteiger partial charge in [0, 0.05) is 42.4 Å². The molecule has 6 heteroatoms. The van der Waals surface area contributed by atoms with E-state index in [1.54, 1.807) is 0 Å². The highest BCUT2D eigenvalue weighted by Gasteiger charge is 2.23. The Labute approximate surface area is 191 Å². The van der Waals surface area contributed by atoms with Gasteiger partial charge in [0.05, 0.1) is 45.3 Å². The van der Waals surface area contributed by atoms with Gasteiger partial charge in [-0.1, -0.05) is 17.7 Å². The van der Waals surface area contributed by atoms with Crippen molar-refractivity contribution in [3.05, 3.63) is 46.2 Å². The highest BCUT2D eigenvalue weighted by molar-refractivity contribution is 8.03. The Morgan fingerprint density at radius 2 is 2.00 bits per heavy atom. The third-order valence-corrected chi connectivity index (χ3v) is 7.49. The van der Waals surface area contributed by atoms with Gasteiger partial charge in [-0.3, -0.25) is 0 Å². The van der Waals surface area contributed by atoms with Crippen LogP contribution in [0, 0.1) is 0 Å². The van der Waals surface area contributed by atoms with Gasteiger partial charge in [-0.25, -0.2) is 9.13 Å². The van der Waals surface area contributed by atoms with Crippen molar-refractivity contribution in [1.82, 2.24) is 9.47 Å². The minimum Gasteiger partial charge on any atom is -0.366 e. The van der Waals surface area contributed by atoms with E-state index < -0.39 is 0 Å². The summed E-state index contributed by atoms with van der Waals surface area (Å²) in [6.07, 6.45) is 7.92. The summed E-state index contributed by atoms with van der Waals surface area (Å²) in [7, 11) is 4.62. The average Bonchev–Trinajstić information content (AvgIpc) is 3.30. The van der Waals surface area contributed by atoms with Crippen molar-refractivity contribution in [2.24, 2.45) is 0 Å². The van der Waals surface area contributed by atoms with Crippen molar-refractivity contribution in [1.29, 1.82) is 0 Å². The molecule has 0 unspecified atom stereocenters. The Kier molecular flexibility index (Phi) is 7.94. The number of fused-ring (bicyclic) bond motifs is 1. The first-order chi connectivity index (χ1) is 14.4. The Bertz CT molecular complexity index is 929. The maximum absolute atomic E-state index is 6.35. The smallest absolute Gasteiger partial charge is 0.282 e. The molecule has 0 amide bonds. The number of halogens is 1. The lowest BCUT2D eigenvalue weighted by Gasteiger charge is -2.27. The minimum atomic E-state index is 0.796. The molecule has 4 nitrogen and oxygen atoms in total. The van der Waals surface area contributed by atoms with Crippen LogP contribution in [0.15, 0.2) is 35.4 Å². The summed E-state index contributed by atoms with van der Waals surface area (Å²) in [6, 6.07) is 6.28. The lowest BCUT2D eigenvalue weighted by molar-refractivity contribution is -0.890. The van der Waals surface area contributed by atoms with Gasteiger partial charge in [-0.2, -0.15) is 0 Å². The summed E-state index contributed by atoms with van der Waals surface area (Å²) in [4.78, 5) is 2.45. The van der Waals surface area contributed by atoms with Crippen molar-refractivity contribution in [3.8, 4) is 0 Å². The zero-order chi connectivity index (χ0) is 21.7. The summed E-state index contributed by atoms with van der Waals surface area (Å²) in [5, 5.41) is 2.17. The highest BCUT2D eigenvalue weighted by atomic mass is 35.5. The van der Waals surface area contributed by atoms with Gasteiger partial charge in [0.25, 0.3) is 5.82 Å². The highest BCUT2D eigenvalue weighted by Crippen LogP contribution is 2.27. The Morgan fingerprint density at radius 3 is 2.70 bits per heavy atom. The molecule has 0 radical (unpaired) electrons. The average molecular weight is 449 g/mol. The number of imidazole rings is 1. The predicted molar refractivity (Wildman–Crippen MR) is 132 cm³/mol. The fourth-order valence-corrected chi connectivity index (χ4v) is 5.31. The molecule has 1 aromatic carbocycles. The molecule has 0 saturated carbocycles. The van der Waals surface area contributed by atoms with Gasteiger partial charge in [0.2, 0.25) is 0 Å². The zero-order valence-electron chi connectivity index (χ0n) is 19.2. The van der Waals surface area contributed by atoms with Crippen LogP contribution >= 0.6 is 23.4 Å². The quantitative estimate of drug-likeness (QED) is 0.394. The van der Waals surface area contributed by atoms with Crippen LogP contribution in [0.1, 0.15) is 33.0 Å². The van der Waals surface area contributed by atoms with E-state index in [9.17, 15) is 0 Å². The molecule has 0 bridgehead atoms. The van der Waals surface area contributed by atoms with Crippen LogP contribution < -0.4 is 4.57 Å². The van der Waals surface area contributed by atoms with Crippen molar-refractivity contribution < 1.29 is 9.05 Å². The van der Waals surface area contributed by atoms with E-state index in [1.165, 1.54) is 34.2 Å². The standard InChI is InChI=1S/C24H37ClN4S/c1-6-26-16-18-30-24(26)12-9-11-23-27(7-2)22-19-20(25)13-14-21(22)28(23)15-10-17-29(4,5)8-3/h9,11-14,19H,6-8,10,15-18H2,1-5H3/q+2. The van der Waals surface area contributed by atoms with Gasteiger partial charge >= 0.3 is 0 Å². The molecule has 30 heavy (non-hydrogen) atoms. The second-order valence-electron chi connectivity index (χ2n) is 8.51. The summed E-state index contributed by atoms with van der Waals surface area (Å²) in [5.41, 5.74) is 2.48. The van der Waals surface area contributed by atoms with E-state index in [1.807, 2.05) is 17.8 Å². The molecule has 1 saturated heterocycles. The van der Waals surface area contributed by atoms with Crippen LogP contribution in [-0.4, -0.2) is 60.0 Å². The number of allylic oxidation sites excluding steroid dienone is 2. The first-order valence-corrected chi connectivity index (χ1v) is 12.6. The largest absolute Gasteiger partial charge is 0.366 e. The fourth-order valence-electron chi connectivity index (χ4n) is 4.04. The van der Waals surface area contributed by atoms with Gasteiger partial charge < -0.3 is 9.38 Å². The number of aryl methyl sites for hydroxylation is 2. The summed E-state index contributed by atoms with van der Waals surface area (Å²) < 4.78 is 5.91. The van der Waals surface area contributed by atoms with Crippen LogP contribution in [0.2, 0.25) is 5.02 Å². The Morgan fingerprint density at radius 1 is 1.20 bits per heavy atom. The molecular formula is C24H37ClN4S+2. The van der Waals surface area contributed by atoms with Gasteiger partial charge in [0.1, 0.15) is 0 Å². The van der Waals surface area contributed by atoms with Gasteiger partial charge in [0.15, 0.2) is 11.0 Å². The van der Waals surface area contributed by atoms with Crippen LogP contribution in [-0.2, 0) is 13.1 Å². The number of quaternary nitrogens is 1. The van der Waals surface area contributed by atoms with Crippen LogP contribution in [0.25, 0.3) is 17.1 Å². The number of nitrogens with zero attached hydrogens (tertiary/aromatic N) is 4. The number of benzene rings is 1. The first kappa shape index (κ1) is 23.2. The van der Waals surface area contributed by atoms with E-state index in [0.29, 0.717) is 0 Å². The molecule has 1 aliphatic rings. The topological polar surface area (TPSA) is 12.1 Å². The monoisotopic (exact) mass is 448 g/mol. The fraction of sp³-hybridized carbons (Fsp3) is 0.542. The van der Waals surface area contributed by atoms with Crippen molar-refractivity contribution >= 4 is 40.5 Å². The Hall–Kier alpha value is -1.43. The lowest BCUT2D eigenvalue weighted by atomic mass is 10.3.